The second kappa shape index (κ2) is 6.67. The molecule has 0 saturated carbocycles. The maximum Gasteiger partial charge on any atom is 0.0518 e. The van der Waals surface area contributed by atoms with Crippen LogP contribution in [0, 0.1) is 11.8 Å². The topological polar surface area (TPSA) is 9.23 Å². The summed E-state index contributed by atoms with van der Waals surface area (Å²) in [6.45, 7) is 11.5. The third-order valence-corrected chi connectivity index (χ3v) is 2.67. The standard InChI is InChI=1S/C11H23ClO/c1-8(2)11(10(5)12)6-7-13-9(3)4/h8-11H,6-7H2,1-5H3. The van der Waals surface area contributed by atoms with Crippen molar-refractivity contribution in [2.45, 2.75) is 52.5 Å². The first-order valence-electron chi connectivity index (χ1n) is 5.20. The highest BCUT2D eigenvalue weighted by atomic mass is 35.5. The van der Waals surface area contributed by atoms with E-state index in [1.807, 2.05) is 0 Å². The molecule has 0 bridgehead atoms. The molecular formula is C11H23ClO. The molecule has 1 nitrogen and oxygen atoms in total. The first-order valence-corrected chi connectivity index (χ1v) is 5.64. The molecule has 2 heteroatoms. The molecule has 0 amide bonds. The number of halogens is 1. The lowest BCUT2D eigenvalue weighted by molar-refractivity contribution is 0.0639. The molecule has 0 aliphatic carbocycles. The molecule has 2 atom stereocenters. The van der Waals surface area contributed by atoms with Crippen molar-refractivity contribution in [2.75, 3.05) is 6.61 Å². The average Bonchev–Trinajstić information content (AvgIpc) is 1.95. The van der Waals surface area contributed by atoms with E-state index in [4.69, 9.17) is 16.3 Å². The average molecular weight is 207 g/mol. The molecule has 13 heavy (non-hydrogen) atoms. The summed E-state index contributed by atoms with van der Waals surface area (Å²) in [7, 11) is 0. The number of alkyl halides is 1. The van der Waals surface area contributed by atoms with Gasteiger partial charge in [0.1, 0.15) is 0 Å². The summed E-state index contributed by atoms with van der Waals surface area (Å²) in [6.07, 6.45) is 1.40. The zero-order valence-electron chi connectivity index (χ0n) is 9.51. The summed E-state index contributed by atoms with van der Waals surface area (Å²) < 4.78 is 5.51. The van der Waals surface area contributed by atoms with Crippen LogP contribution in [-0.2, 0) is 4.74 Å². The van der Waals surface area contributed by atoms with Crippen molar-refractivity contribution in [3.05, 3.63) is 0 Å². The molecular weight excluding hydrogens is 184 g/mol. The molecule has 0 aliphatic rings. The van der Waals surface area contributed by atoms with E-state index in [0.29, 0.717) is 17.9 Å². The van der Waals surface area contributed by atoms with Crippen LogP contribution >= 0.6 is 11.6 Å². The number of hydrogen-bond acceptors (Lipinski definition) is 1. The van der Waals surface area contributed by atoms with E-state index in [1.165, 1.54) is 0 Å². The largest absolute Gasteiger partial charge is 0.379 e. The molecule has 0 aliphatic heterocycles. The van der Waals surface area contributed by atoms with Crippen LogP contribution in [0.2, 0.25) is 0 Å². The van der Waals surface area contributed by atoms with E-state index >= 15 is 0 Å². The van der Waals surface area contributed by atoms with Crippen molar-refractivity contribution < 1.29 is 4.74 Å². The minimum absolute atomic E-state index is 0.246. The van der Waals surface area contributed by atoms with E-state index in [1.54, 1.807) is 0 Å². The smallest absolute Gasteiger partial charge is 0.0518 e. The molecule has 0 aromatic heterocycles. The summed E-state index contributed by atoms with van der Waals surface area (Å²) in [5.74, 6) is 1.21. The lowest BCUT2D eigenvalue weighted by Crippen LogP contribution is -2.20. The second-order valence-electron chi connectivity index (χ2n) is 4.29. The van der Waals surface area contributed by atoms with Crippen LogP contribution in [-0.4, -0.2) is 18.1 Å². The van der Waals surface area contributed by atoms with Gasteiger partial charge in [0.15, 0.2) is 0 Å². The van der Waals surface area contributed by atoms with E-state index in [0.717, 1.165) is 13.0 Å². The van der Waals surface area contributed by atoms with Gasteiger partial charge < -0.3 is 4.74 Å². The summed E-state index contributed by atoms with van der Waals surface area (Å²) in [5, 5.41) is 0.246. The van der Waals surface area contributed by atoms with Crippen molar-refractivity contribution in [1.82, 2.24) is 0 Å². The Morgan fingerprint density at radius 3 is 1.92 bits per heavy atom. The fourth-order valence-corrected chi connectivity index (χ4v) is 1.95. The number of ether oxygens (including phenoxy) is 1. The highest BCUT2D eigenvalue weighted by Gasteiger charge is 2.18. The molecule has 0 spiro atoms. The molecule has 0 aromatic rings. The number of hydrogen-bond donors (Lipinski definition) is 0. The first kappa shape index (κ1) is 13.2. The van der Waals surface area contributed by atoms with Crippen LogP contribution in [0.15, 0.2) is 0 Å². The second-order valence-corrected chi connectivity index (χ2v) is 4.98. The van der Waals surface area contributed by atoms with Gasteiger partial charge in [-0.1, -0.05) is 13.8 Å². The Morgan fingerprint density at radius 1 is 1.08 bits per heavy atom. The van der Waals surface area contributed by atoms with Crippen LogP contribution in [0.3, 0.4) is 0 Å². The van der Waals surface area contributed by atoms with Crippen LogP contribution in [0.1, 0.15) is 41.0 Å². The Morgan fingerprint density at radius 2 is 1.62 bits per heavy atom. The van der Waals surface area contributed by atoms with Gasteiger partial charge in [0.25, 0.3) is 0 Å². The Bertz CT molecular complexity index is 113. The SMILES string of the molecule is CC(C)OCCC(C(C)C)C(C)Cl. The summed E-state index contributed by atoms with van der Waals surface area (Å²) in [6, 6.07) is 0. The molecule has 2 unspecified atom stereocenters. The zero-order valence-corrected chi connectivity index (χ0v) is 10.3. The van der Waals surface area contributed by atoms with Gasteiger partial charge in [-0.2, -0.15) is 0 Å². The van der Waals surface area contributed by atoms with Crippen molar-refractivity contribution in [3.63, 3.8) is 0 Å². The third kappa shape index (κ3) is 6.34. The highest BCUT2D eigenvalue weighted by molar-refractivity contribution is 6.20. The predicted molar refractivity (Wildman–Crippen MR) is 59.3 cm³/mol. The number of rotatable bonds is 6. The van der Waals surface area contributed by atoms with Gasteiger partial charge in [-0.3, -0.25) is 0 Å². The van der Waals surface area contributed by atoms with E-state index in [9.17, 15) is 0 Å². The van der Waals surface area contributed by atoms with E-state index in [-0.39, 0.29) is 5.38 Å². The van der Waals surface area contributed by atoms with Crippen LogP contribution in [0.5, 0.6) is 0 Å². The Labute approximate surface area is 87.8 Å². The lowest BCUT2D eigenvalue weighted by atomic mass is 9.90. The molecule has 0 saturated heterocycles. The maximum atomic E-state index is 6.10. The van der Waals surface area contributed by atoms with Crippen molar-refractivity contribution >= 4 is 11.6 Å². The van der Waals surface area contributed by atoms with Gasteiger partial charge in [-0.05, 0) is 39.0 Å². The predicted octanol–water partition coefficient (Wildman–Crippen LogP) is 3.70. The fraction of sp³-hybridized carbons (Fsp3) is 1.00. The van der Waals surface area contributed by atoms with Crippen LogP contribution in [0.25, 0.3) is 0 Å². The summed E-state index contributed by atoms with van der Waals surface area (Å²) >= 11 is 6.10. The first-order chi connectivity index (χ1) is 5.95. The Balaban J connectivity index is 3.70. The normalized spacial score (nSPS) is 16.6. The molecule has 0 aromatic carbocycles. The minimum Gasteiger partial charge on any atom is -0.379 e. The fourth-order valence-electron chi connectivity index (χ4n) is 1.53. The lowest BCUT2D eigenvalue weighted by Gasteiger charge is -2.23. The molecule has 0 rings (SSSR count). The van der Waals surface area contributed by atoms with Gasteiger partial charge >= 0.3 is 0 Å². The van der Waals surface area contributed by atoms with Crippen LogP contribution < -0.4 is 0 Å². The van der Waals surface area contributed by atoms with Gasteiger partial charge in [0, 0.05) is 12.0 Å². The highest BCUT2D eigenvalue weighted by Crippen LogP contribution is 2.23. The third-order valence-electron chi connectivity index (χ3n) is 2.35. The quantitative estimate of drug-likeness (QED) is 0.603. The molecule has 0 N–H and O–H groups in total. The molecule has 80 valence electrons. The van der Waals surface area contributed by atoms with Gasteiger partial charge in [0.2, 0.25) is 0 Å². The zero-order chi connectivity index (χ0) is 10.4. The van der Waals surface area contributed by atoms with Crippen molar-refractivity contribution in [3.8, 4) is 0 Å². The Hall–Kier alpha value is 0.250. The van der Waals surface area contributed by atoms with Gasteiger partial charge in [0.05, 0.1) is 6.10 Å². The minimum atomic E-state index is 0.246. The van der Waals surface area contributed by atoms with Gasteiger partial charge in [-0.15, -0.1) is 11.6 Å². The van der Waals surface area contributed by atoms with E-state index < -0.39 is 0 Å². The van der Waals surface area contributed by atoms with Crippen molar-refractivity contribution in [1.29, 1.82) is 0 Å². The van der Waals surface area contributed by atoms with Crippen molar-refractivity contribution in [2.24, 2.45) is 11.8 Å². The molecule has 0 fully saturated rings. The summed E-state index contributed by atoms with van der Waals surface area (Å²) in [5.41, 5.74) is 0. The molecule has 0 radical (unpaired) electrons. The molecule has 0 heterocycles. The van der Waals surface area contributed by atoms with Crippen LogP contribution in [0.4, 0.5) is 0 Å². The monoisotopic (exact) mass is 206 g/mol. The van der Waals surface area contributed by atoms with E-state index in [2.05, 4.69) is 34.6 Å². The summed E-state index contributed by atoms with van der Waals surface area (Å²) in [4.78, 5) is 0. The maximum absolute atomic E-state index is 6.10. The van der Waals surface area contributed by atoms with Gasteiger partial charge in [-0.25, -0.2) is 0 Å². The Kier molecular flexibility index (Phi) is 6.79.